The monoisotopic (exact) mass is 298 g/mol. The number of hydrogen-bond acceptors (Lipinski definition) is 5. The molecule has 0 radical (unpaired) electrons. The Balaban J connectivity index is 1.79. The molecule has 2 rings (SSSR count). The average molecular weight is 298 g/mol. The van der Waals surface area contributed by atoms with E-state index in [1.807, 2.05) is 27.7 Å². The molecular weight excluding hydrogens is 272 g/mol. The Labute approximate surface area is 126 Å². The van der Waals surface area contributed by atoms with Crippen molar-refractivity contribution in [1.29, 1.82) is 0 Å². The largest absolute Gasteiger partial charge is 0.468 e. The summed E-state index contributed by atoms with van der Waals surface area (Å²) in [6.07, 6.45) is 0.465. The van der Waals surface area contributed by atoms with Crippen molar-refractivity contribution >= 4 is 12.1 Å². The predicted molar refractivity (Wildman–Crippen MR) is 77.8 cm³/mol. The lowest BCUT2D eigenvalue weighted by atomic mass is 10.2. The summed E-state index contributed by atoms with van der Waals surface area (Å²) in [5.74, 6) is 0.638. The molecule has 21 heavy (non-hydrogen) atoms. The van der Waals surface area contributed by atoms with Gasteiger partial charge in [0.2, 0.25) is 0 Å². The first-order valence-corrected chi connectivity index (χ1v) is 7.58. The van der Waals surface area contributed by atoms with E-state index in [9.17, 15) is 9.59 Å². The summed E-state index contributed by atoms with van der Waals surface area (Å²) in [5.41, 5.74) is -0.459. The Morgan fingerprint density at radius 1 is 1.29 bits per heavy atom. The number of amides is 1. The van der Waals surface area contributed by atoms with E-state index in [0.717, 1.165) is 0 Å². The van der Waals surface area contributed by atoms with Gasteiger partial charge < -0.3 is 19.7 Å². The van der Waals surface area contributed by atoms with E-state index in [2.05, 4.69) is 5.32 Å². The number of likely N-dealkylation sites (tertiary alicyclic amines) is 1. The van der Waals surface area contributed by atoms with Crippen LogP contribution in [0.2, 0.25) is 0 Å². The minimum Gasteiger partial charge on any atom is -0.468 e. The molecule has 3 unspecified atom stereocenters. The van der Waals surface area contributed by atoms with Gasteiger partial charge in [-0.1, -0.05) is 6.92 Å². The standard InChI is InChI=1S/C15H26N2O4/c1-6-11(13(18)20-5)16-12-9-7-17(8-10(9)12)14(19)21-15(2,3)4/h9-12,16H,6-8H2,1-5H3. The second-order valence-electron chi connectivity index (χ2n) is 6.89. The first-order valence-electron chi connectivity index (χ1n) is 7.58. The van der Waals surface area contributed by atoms with Gasteiger partial charge in [-0.15, -0.1) is 0 Å². The molecular formula is C15H26N2O4. The topological polar surface area (TPSA) is 67.9 Å². The lowest BCUT2D eigenvalue weighted by molar-refractivity contribution is -0.143. The molecule has 0 aromatic carbocycles. The maximum Gasteiger partial charge on any atom is 0.410 e. The Hall–Kier alpha value is -1.30. The third-order valence-corrected chi connectivity index (χ3v) is 4.13. The van der Waals surface area contributed by atoms with Gasteiger partial charge in [-0.25, -0.2) is 4.79 Å². The lowest BCUT2D eigenvalue weighted by Crippen LogP contribution is -2.43. The zero-order chi connectivity index (χ0) is 15.8. The van der Waals surface area contributed by atoms with Crippen LogP contribution in [-0.2, 0) is 14.3 Å². The Kier molecular flexibility index (Phi) is 4.46. The van der Waals surface area contributed by atoms with Crippen molar-refractivity contribution in [3.05, 3.63) is 0 Å². The molecule has 6 nitrogen and oxygen atoms in total. The van der Waals surface area contributed by atoms with Crippen molar-refractivity contribution in [1.82, 2.24) is 10.2 Å². The van der Waals surface area contributed by atoms with E-state index in [1.54, 1.807) is 4.90 Å². The maximum atomic E-state index is 12.0. The van der Waals surface area contributed by atoms with Crippen molar-refractivity contribution < 1.29 is 19.1 Å². The van der Waals surface area contributed by atoms with Gasteiger partial charge in [0.1, 0.15) is 11.6 Å². The summed E-state index contributed by atoms with van der Waals surface area (Å²) in [6, 6.07) is 0.0633. The molecule has 0 bridgehead atoms. The molecule has 1 saturated heterocycles. The third-order valence-electron chi connectivity index (χ3n) is 4.13. The van der Waals surface area contributed by atoms with E-state index in [4.69, 9.17) is 9.47 Å². The van der Waals surface area contributed by atoms with Crippen LogP contribution in [0.1, 0.15) is 34.1 Å². The summed E-state index contributed by atoms with van der Waals surface area (Å²) in [4.78, 5) is 25.3. The molecule has 1 heterocycles. The van der Waals surface area contributed by atoms with Crippen molar-refractivity contribution in [2.24, 2.45) is 11.8 Å². The number of ether oxygens (including phenoxy) is 2. The van der Waals surface area contributed by atoms with Crippen molar-refractivity contribution in [3.8, 4) is 0 Å². The summed E-state index contributed by atoms with van der Waals surface area (Å²) in [5, 5.41) is 3.35. The van der Waals surface area contributed by atoms with E-state index < -0.39 is 5.60 Å². The van der Waals surface area contributed by atoms with Gasteiger partial charge in [-0.2, -0.15) is 0 Å². The number of fused-ring (bicyclic) bond motifs is 1. The lowest BCUT2D eigenvalue weighted by Gasteiger charge is -2.26. The second-order valence-corrected chi connectivity index (χ2v) is 6.89. The number of carbonyl (C=O) groups is 2. The van der Waals surface area contributed by atoms with Crippen molar-refractivity contribution in [2.75, 3.05) is 20.2 Å². The Morgan fingerprint density at radius 3 is 2.29 bits per heavy atom. The fraction of sp³-hybridized carbons (Fsp3) is 0.867. The highest BCUT2D eigenvalue weighted by Crippen LogP contribution is 2.46. The molecule has 1 amide bonds. The van der Waals surface area contributed by atoms with Crippen LogP contribution in [0, 0.1) is 11.8 Å². The van der Waals surface area contributed by atoms with E-state index in [1.165, 1.54) is 7.11 Å². The number of rotatable bonds is 4. The fourth-order valence-electron chi connectivity index (χ4n) is 2.98. The van der Waals surface area contributed by atoms with Crippen LogP contribution in [-0.4, -0.2) is 54.8 Å². The summed E-state index contributed by atoms with van der Waals surface area (Å²) < 4.78 is 10.2. The smallest absolute Gasteiger partial charge is 0.410 e. The minimum absolute atomic E-state index is 0.216. The second kappa shape index (κ2) is 5.83. The highest BCUT2D eigenvalue weighted by atomic mass is 16.6. The van der Waals surface area contributed by atoms with Crippen LogP contribution in [0.3, 0.4) is 0 Å². The van der Waals surface area contributed by atoms with Crippen molar-refractivity contribution in [3.63, 3.8) is 0 Å². The average Bonchev–Trinajstić information content (AvgIpc) is 2.84. The zero-order valence-electron chi connectivity index (χ0n) is 13.5. The molecule has 2 fully saturated rings. The molecule has 0 spiro atoms. The maximum absolute atomic E-state index is 12.0. The summed E-state index contributed by atoms with van der Waals surface area (Å²) in [6.45, 7) is 8.97. The number of hydrogen-bond donors (Lipinski definition) is 1. The highest BCUT2D eigenvalue weighted by molar-refractivity contribution is 5.75. The molecule has 6 heteroatoms. The molecule has 1 aliphatic carbocycles. The number of carbonyl (C=O) groups excluding carboxylic acids is 2. The van der Waals surface area contributed by atoms with Gasteiger partial charge in [-0.3, -0.25) is 4.79 Å². The number of piperidine rings is 1. The molecule has 1 N–H and O–H groups in total. The van der Waals surface area contributed by atoms with Crippen LogP contribution in [0.4, 0.5) is 4.79 Å². The van der Waals surface area contributed by atoms with E-state index in [-0.39, 0.29) is 18.1 Å². The molecule has 0 aromatic heterocycles. The number of nitrogens with one attached hydrogen (secondary N) is 1. The minimum atomic E-state index is -0.459. The quantitative estimate of drug-likeness (QED) is 0.795. The van der Waals surface area contributed by atoms with Crippen LogP contribution in [0.25, 0.3) is 0 Å². The molecule has 0 aromatic rings. The van der Waals surface area contributed by atoms with Crippen LogP contribution < -0.4 is 5.32 Å². The molecule has 1 aliphatic heterocycles. The number of nitrogens with zero attached hydrogens (tertiary/aromatic N) is 1. The van der Waals surface area contributed by atoms with E-state index in [0.29, 0.717) is 37.4 Å². The first-order chi connectivity index (χ1) is 9.76. The number of esters is 1. The molecule has 1 saturated carbocycles. The van der Waals surface area contributed by atoms with Crippen LogP contribution >= 0.6 is 0 Å². The zero-order valence-corrected chi connectivity index (χ0v) is 13.5. The van der Waals surface area contributed by atoms with Gasteiger partial charge in [0.15, 0.2) is 0 Å². The fourth-order valence-corrected chi connectivity index (χ4v) is 2.98. The van der Waals surface area contributed by atoms with Gasteiger partial charge in [0.05, 0.1) is 7.11 Å². The van der Waals surface area contributed by atoms with Crippen LogP contribution in [0.15, 0.2) is 0 Å². The predicted octanol–water partition coefficient (Wildman–Crippen LogP) is 1.39. The third kappa shape index (κ3) is 3.67. The molecule has 3 atom stereocenters. The Bertz CT molecular complexity index is 406. The molecule has 2 aliphatic rings. The van der Waals surface area contributed by atoms with Crippen LogP contribution in [0.5, 0.6) is 0 Å². The van der Waals surface area contributed by atoms with Gasteiger partial charge in [0, 0.05) is 19.1 Å². The SMILES string of the molecule is CCC(NC1C2CN(C(=O)OC(C)(C)C)CC21)C(=O)OC. The molecule has 120 valence electrons. The first kappa shape index (κ1) is 16.1. The van der Waals surface area contributed by atoms with Gasteiger partial charge in [-0.05, 0) is 39.0 Å². The van der Waals surface area contributed by atoms with Gasteiger partial charge in [0.25, 0.3) is 0 Å². The highest BCUT2D eigenvalue weighted by Gasteiger charge is 2.57. The summed E-state index contributed by atoms with van der Waals surface area (Å²) >= 11 is 0. The Morgan fingerprint density at radius 2 is 1.86 bits per heavy atom. The van der Waals surface area contributed by atoms with Gasteiger partial charge >= 0.3 is 12.1 Å². The summed E-state index contributed by atoms with van der Waals surface area (Å²) in [7, 11) is 1.41. The van der Waals surface area contributed by atoms with E-state index >= 15 is 0 Å². The van der Waals surface area contributed by atoms with Crippen molar-refractivity contribution in [2.45, 2.75) is 51.8 Å². The number of methoxy groups -OCH3 is 1. The normalized spacial score (nSPS) is 28.8.